The second-order valence-electron chi connectivity index (χ2n) is 4.64. The van der Waals surface area contributed by atoms with Gasteiger partial charge in [0, 0.05) is 0 Å². The van der Waals surface area contributed by atoms with Crippen molar-refractivity contribution in [3.05, 3.63) is 42.0 Å². The third-order valence-corrected chi connectivity index (χ3v) is 4.68. The molecule has 0 fully saturated rings. The molecule has 0 aliphatic rings. The van der Waals surface area contributed by atoms with Gasteiger partial charge in [-0.25, -0.2) is 18.1 Å². The molecule has 108 valence electrons. The molecule has 2 N–H and O–H groups in total. The third kappa shape index (κ3) is 3.43. The molecule has 2 aromatic rings. The van der Waals surface area contributed by atoms with Crippen molar-refractivity contribution in [2.45, 2.75) is 37.6 Å². The Bertz CT molecular complexity index is 636. The van der Waals surface area contributed by atoms with Crippen LogP contribution in [0.25, 0.3) is 0 Å². The van der Waals surface area contributed by atoms with Crippen LogP contribution in [0.15, 0.2) is 35.5 Å². The smallest absolute Gasteiger partial charge is 0.240 e. The Morgan fingerprint density at radius 2 is 2.00 bits per heavy atom. The lowest BCUT2D eigenvalue weighted by Crippen LogP contribution is -2.23. The summed E-state index contributed by atoms with van der Waals surface area (Å²) in [7, 11) is -3.52. The zero-order valence-electron chi connectivity index (χ0n) is 11.5. The number of hydrogen-bond acceptors (Lipinski definition) is 4. The molecular formula is C13H18N4O2S. The standard InChI is InChI=1S/C13H18N4O2S/c1-3-10(2)11-4-6-12(7-5-11)20(18,19)16-8-13-14-9-15-17-13/h4-7,9-10,16H,3,8H2,1-2H3,(H,14,15,17). The van der Waals surface area contributed by atoms with E-state index in [0.29, 0.717) is 11.7 Å². The number of nitrogens with zero attached hydrogens (tertiary/aromatic N) is 2. The third-order valence-electron chi connectivity index (χ3n) is 3.27. The summed E-state index contributed by atoms with van der Waals surface area (Å²) >= 11 is 0. The van der Waals surface area contributed by atoms with Crippen molar-refractivity contribution in [2.75, 3.05) is 0 Å². The van der Waals surface area contributed by atoms with Gasteiger partial charge in [-0.1, -0.05) is 26.0 Å². The average Bonchev–Trinajstić information content (AvgIpc) is 2.98. The predicted molar refractivity (Wildman–Crippen MR) is 75.6 cm³/mol. The molecule has 0 aliphatic heterocycles. The van der Waals surface area contributed by atoms with E-state index in [1.165, 1.54) is 6.33 Å². The largest absolute Gasteiger partial charge is 0.262 e. The van der Waals surface area contributed by atoms with Crippen LogP contribution in [0, 0.1) is 0 Å². The van der Waals surface area contributed by atoms with Gasteiger partial charge >= 0.3 is 0 Å². The fourth-order valence-corrected chi connectivity index (χ4v) is 2.76. The predicted octanol–water partition coefficient (Wildman–Crippen LogP) is 1.80. The highest BCUT2D eigenvalue weighted by Gasteiger charge is 2.14. The molecule has 0 saturated heterocycles. The second-order valence-corrected chi connectivity index (χ2v) is 6.40. The summed E-state index contributed by atoms with van der Waals surface area (Å²) in [5, 5.41) is 6.27. The maximum atomic E-state index is 12.1. The van der Waals surface area contributed by atoms with Crippen molar-refractivity contribution >= 4 is 10.0 Å². The molecule has 0 aliphatic carbocycles. The molecule has 0 spiro atoms. The van der Waals surface area contributed by atoms with E-state index in [1.807, 2.05) is 12.1 Å². The van der Waals surface area contributed by atoms with Gasteiger partial charge in [0.15, 0.2) is 0 Å². The van der Waals surface area contributed by atoms with Crippen LogP contribution in [-0.4, -0.2) is 23.6 Å². The Morgan fingerprint density at radius 1 is 1.30 bits per heavy atom. The zero-order valence-corrected chi connectivity index (χ0v) is 12.3. The van der Waals surface area contributed by atoms with Crippen LogP contribution in [0.2, 0.25) is 0 Å². The van der Waals surface area contributed by atoms with Crippen molar-refractivity contribution in [1.29, 1.82) is 0 Å². The summed E-state index contributed by atoms with van der Waals surface area (Å²) in [5.74, 6) is 0.902. The van der Waals surface area contributed by atoms with Gasteiger partial charge in [0.05, 0.1) is 11.4 Å². The van der Waals surface area contributed by atoms with Crippen molar-refractivity contribution in [3.63, 3.8) is 0 Å². The molecule has 20 heavy (non-hydrogen) atoms. The topological polar surface area (TPSA) is 87.7 Å². The SMILES string of the molecule is CCC(C)c1ccc(S(=O)(=O)NCc2ncn[nH]2)cc1. The molecule has 1 aromatic carbocycles. The van der Waals surface area contributed by atoms with E-state index < -0.39 is 10.0 Å². The quantitative estimate of drug-likeness (QED) is 0.850. The van der Waals surface area contributed by atoms with E-state index in [1.54, 1.807) is 12.1 Å². The minimum absolute atomic E-state index is 0.0927. The van der Waals surface area contributed by atoms with Crippen LogP contribution in [0.3, 0.4) is 0 Å². The van der Waals surface area contributed by atoms with Crippen LogP contribution in [-0.2, 0) is 16.6 Å². The van der Waals surface area contributed by atoms with Gasteiger partial charge in [0.25, 0.3) is 0 Å². The molecular weight excluding hydrogens is 276 g/mol. The van der Waals surface area contributed by atoms with Crippen molar-refractivity contribution < 1.29 is 8.42 Å². The number of hydrogen-bond donors (Lipinski definition) is 2. The van der Waals surface area contributed by atoms with E-state index in [0.717, 1.165) is 12.0 Å². The van der Waals surface area contributed by atoms with Gasteiger partial charge in [-0.3, -0.25) is 5.10 Å². The highest BCUT2D eigenvalue weighted by molar-refractivity contribution is 7.89. The molecule has 0 radical (unpaired) electrons. The van der Waals surface area contributed by atoms with E-state index in [9.17, 15) is 8.42 Å². The van der Waals surface area contributed by atoms with Crippen molar-refractivity contribution in [2.24, 2.45) is 0 Å². The Labute approximate surface area is 118 Å². The summed E-state index contributed by atoms with van der Waals surface area (Å²) in [4.78, 5) is 4.12. The van der Waals surface area contributed by atoms with E-state index >= 15 is 0 Å². The van der Waals surface area contributed by atoms with Gasteiger partial charge < -0.3 is 0 Å². The van der Waals surface area contributed by atoms with E-state index in [2.05, 4.69) is 33.8 Å². The van der Waals surface area contributed by atoms with Gasteiger partial charge in [-0.15, -0.1) is 0 Å². The zero-order chi connectivity index (χ0) is 14.6. The van der Waals surface area contributed by atoms with Crippen LogP contribution in [0.4, 0.5) is 0 Å². The van der Waals surface area contributed by atoms with Gasteiger partial charge in [0.1, 0.15) is 12.2 Å². The van der Waals surface area contributed by atoms with Gasteiger partial charge in [-0.2, -0.15) is 5.10 Å². The number of rotatable bonds is 6. The Kier molecular flexibility index (Phi) is 4.51. The van der Waals surface area contributed by atoms with Crippen LogP contribution < -0.4 is 4.72 Å². The Hall–Kier alpha value is -1.73. The fraction of sp³-hybridized carbons (Fsp3) is 0.385. The molecule has 6 nitrogen and oxygen atoms in total. The summed E-state index contributed by atoms with van der Waals surface area (Å²) in [6.45, 7) is 4.31. The highest BCUT2D eigenvalue weighted by atomic mass is 32.2. The molecule has 2 rings (SSSR count). The first-order valence-electron chi connectivity index (χ1n) is 6.47. The summed E-state index contributed by atoms with van der Waals surface area (Å²) in [5.41, 5.74) is 1.14. The van der Waals surface area contributed by atoms with Crippen molar-refractivity contribution in [3.8, 4) is 0 Å². The summed E-state index contributed by atoms with van der Waals surface area (Å²) < 4.78 is 26.7. The highest BCUT2D eigenvalue weighted by Crippen LogP contribution is 2.20. The van der Waals surface area contributed by atoms with Crippen LogP contribution >= 0.6 is 0 Å². The molecule has 7 heteroatoms. The van der Waals surface area contributed by atoms with Crippen molar-refractivity contribution in [1.82, 2.24) is 19.9 Å². The second kappa shape index (κ2) is 6.15. The molecule has 0 amide bonds. The number of aromatic nitrogens is 3. The van der Waals surface area contributed by atoms with Gasteiger partial charge in [0.2, 0.25) is 10.0 Å². The average molecular weight is 294 g/mol. The van der Waals surface area contributed by atoms with Crippen LogP contribution in [0.1, 0.15) is 37.6 Å². The minimum Gasteiger partial charge on any atom is -0.262 e. The number of nitrogens with one attached hydrogen (secondary N) is 2. The maximum Gasteiger partial charge on any atom is 0.240 e. The number of benzene rings is 1. The number of aromatic amines is 1. The normalized spacial score (nSPS) is 13.3. The lowest BCUT2D eigenvalue weighted by Gasteiger charge is -2.10. The Balaban J connectivity index is 2.09. The molecule has 1 heterocycles. The fourth-order valence-electron chi connectivity index (χ4n) is 1.77. The minimum atomic E-state index is -3.52. The first kappa shape index (κ1) is 14.7. The van der Waals surface area contributed by atoms with E-state index in [4.69, 9.17) is 0 Å². The lowest BCUT2D eigenvalue weighted by molar-refractivity contribution is 0.579. The van der Waals surface area contributed by atoms with E-state index in [-0.39, 0.29) is 11.4 Å². The first-order valence-corrected chi connectivity index (χ1v) is 7.95. The molecule has 1 unspecified atom stereocenters. The summed E-state index contributed by atoms with van der Waals surface area (Å²) in [6.07, 6.45) is 2.36. The lowest BCUT2D eigenvalue weighted by atomic mass is 9.99. The number of H-pyrrole nitrogens is 1. The number of sulfonamides is 1. The first-order chi connectivity index (χ1) is 9.53. The van der Waals surface area contributed by atoms with Crippen LogP contribution in [0.5, 0.6) is 0 Å². The molecule has 0 bridgehead atoms. The Morgan fingerprint density at radius 3 is 2.55 bits per heavy atom. The molecule has 1 aromatic heterocycles. The monoisotopic (exact) mass is 294 g/mol. The summed E-state index contributed by atoms with van der Waals surface area (Å²) in [6, 6.07) is 6.97. The maximum absolute atomic E-state index is 12.1. The molecule has 0 saturated carbocycles. The van der Waals surface area contributed by atoms with Gasteiger partial charge in [-0.05, 0) is 30.0 Å². The molecule has 1 atom stereocenters.